The Morgan fingerprint density at radius 3 is 0.890 bits per heavy atom. The number of anilines is 4. The number of nitrogen functional groups attached to an aromatic ring is 4. The lowest BCUT2D eigenvalue weighted by atomic mass is 9.84. The van der Waals surface area contributed by atoms with E-state index in [0.29, 0.717) is 156 Å². The number of ether oxygens (including phenoxy) is 4. The van der Waals surface area contributed by atoms with Gasteiger partial charge >= 0.3 is 0 Å². The summed E-state index contributed by atoms with van der Waals surface area (Å²) in [6, 6.07) is 60.5. The summed E-state index contributed by atoms with van der Waals surface area (Å²) in [7, 11) is 0. The first kappa shape index (κ1) is 45.4. The van der Waals surface area contributed by atoms with Gasteiger partial charge in [0.05, 0.1) is 32.8 Å². The van der Waals surface area contributed by atoms with E-state index in [4.69, 9.17) is 41.9 Å². The maximum Gasteiger partial charge on any atom is 0.264 e. The summed E-state index contributed by atoms with van der Waals surface area (Å²) in [5.74, 6) is 3.31. The van der Waals surface area contributed by atoms with Crippen LogP contribution in [-0.2, 0) is 0 Å². The number of hydrogen-bond donors (Lipinski definition) is 6. The highest BCUT2D eigenvalue weighted by molar-refractivity contribution is 6.45. The quantitative estimate of drug-likeness (QED) is 0.0481. The minimum atomic E-state index is -0.287. The van der Waals surface area contributed by atoms with Gasteiger partial charge in [0.2, 0.25) is 0 Å². The molecular formula is C68H42N8O6. The molecule has 17 rings (SSSR count). The van der Waals surface area contributed by atoms with Gasteiger partial charge in [-0.15, -0.1) is 0 Å². The molecule has 82 heavy (non-hydrogen) atoms. The second-order valence-electron chi connectivity index (χ2n) is 21.0. The number of hydrogen-bond acceptors (Lipinski definition) is 10. The largest absolute Gasteiger partial charge is 0.457 e. The Morgan fingerprint density at radius 1 is 0.305 bits per heavy atom. The van der Waals surface area contributed by atoms with Crippen molar-refractivity contribution in [3.63, 3.8) is 0 Å². The van der Waals surface area contributed by atoms with Crippen LogP contribution in [0.1, 0.15) is 0 Å². The molecule has 0 saturated heterocycles. The molecule has 0 spiro atoms. The van der Waals surface area contributed by atoms with Gasteiger partial charge in [-0.25, -0.2) is 0 Å². The average Bonchev–Trinajstić information content (AvgIpc) is 1.23. The van der Waals surface area contributed by atoms with Gasteiger partial charge in [-0.1, -0.05) is 48.5 Å². The van der Waals surface area contributed by atoms with Crippen molar-refractivity contribution in [1.82, 2.24) is 18.8 Å². The van der Waals surface area contributed by atoms with Crippen LogP contribution >= 0.6 is 0 Å². The minimum absolute atomic E-state index is 0.287. The van der Waals surface area contributed by atoms with Crippen LogP contribution in [0.2, 0.25) is 0 Å². The predicted octanol–water partition coefficient (Wildman–Crippen LogP) is 15.5. The lowest BCUT2D eigenvalue weighted by Gasteiger charge is -2.25. The summed E-state index contributed by atoms with van der Waals surface area (Å²) in [5, 5.41) is 10.7. The number of nitrogens with one attached hydrogen (secondary N) is 2. The first-order chi connectivity index (χ1) is 40.1. The van der Waals surface area contributed by atoms with Crippen LogP contribution in [0, 0.1) is 0 Å². The molecule has 0 fully saturated rings. The lowest BCUT2D eigenvalue weighted by molar-refractivity contribution is 0.483. The van der Waals surface area contributed by atoms with Crippen LogP contribution in [-0.4, -0.2) is 18.8 Å². The molecule has 14 nitrogen and oxygen atoms in total. The van der Waals surface area contributed by atoms with Gasteiger partial charge in [0, 0.05) is 76.6 Å². The summed E-state index contributed by atoms with van der Waals surface area (Å²) >= 11 is 0. The van der Waals surface area contributed by atoms with E-state index in [1.165, 1.54) is 0 Å². The third-order valence-electron chi connectivity index (χ3n) is 16.1. The average molecular weight is 1070 g/mol. The summed E-state index contributed by atoms with van der Waals surface area (Å²) in [6.45, 7) is 0. The van der Waals surface area contributed by atoms with E-state index >= 15 is 9.59 Å². The molecule has 0 aliphatic rings. The number of aromatic nitrogens is 4. The molecule has 13 aromatic carbocycles. The van der Waals surface area contributed by atoms with Gasteiger partial charge in [0.25, 0.3) is 11.1 Å². The number of rotatable bonds is 8. The topological polar surface area (TPSA) is 216 Å². The Bertz CT molecular complexity index is 5340. The number of aromatic amines is 2. The Balaban J connectivity index is 1.15. The Hall–Kier alpha value is -11.6. The molecule has 0 bridgehead atoms. The number of nitrogens with zero attached hydrogens (tertiary/aromatic N) is 2. The number of H-pyrrole nitrogens is 2. The highest BCUT2D eigenvalue weighted by Gasteiger charge is 2.33. The molecule has 14 heteroatoms. The molecule has 0 unspecified atom stereocenters. The molecule has 4 heterocycles. The van der Waals surface area contributed by atoms with Crippen molar-refractivity contribution in [2.24, 2.45) is 0 Å². The maximum atomic E-state index is 16.0. The molecule has 17 aromatic rings. The van der Waals surface area contributed by atoms with E-state index in [0.717, 1.165) is 32.6 Å². The summed E-state index contributed by atoms with van der Waals surface area (Å²) < 4.78 is 32.3. The van der Waals surface area contributed by atoms with Gasteiger partial charge in [-0.2, -0.15) is 0 Å². The van der Waals surface area contributed by atoms with E-state index in [2.05, 4.69) is 34.2 Å². The fourth-order valence-corrected chi connectivity index (χ4v) is 12.5. The van der Waals surface area contributed by atoms with E-state index in [1.54, 1.807) is 81.6 Å². The normalized spacial score (nSPS) is 12.2. The third kappa shape index (κ3) is 6.51. The third-order valence-corrected chi connectivity index (χ3v) is 16.1. The van der Waals surface area contributed by atoms with Crippen LogP contribution < -0.4 is 53.0 Å². The Labute approximate surface area is 461 Å². The number of imidazole rings is 2. The fraction of sp³-hybridized carbons (Fsp3) is 0. The van der Waals surface area contributed by atoms with Crippen LogP contribution in [0.3, 0.4) is 0 Å². The van der Waals surface area contributed by atoms with E-state index < -0.39 is 0 Å². The van der Waals surface area contributed by atoms with Crippen molar-refractivity contribution >= 4 is 142 Å². The van der Waals surface area contributed by atoms with E-state index in [-0.39, 0.29) is 11.1 Å². The molecule has 0 atom stereocenters. The van der Waals surface area contributed by atoms with E-state index in [9.17, 15) is 0 Å². The number of fused-ring (bicyclic) bond motifs is 12. The first-order valence-corrected chi connectivity index (χ1v) is 26.6. The second kappa shape index (κ2) is 16.5. The summed E-state index contributed by atoms with van der Waals surface area (Å²) in [5.41, 5.74) is 30.8. The molecule has 4 aromatic heterocycles. The Kier molecular flexibility index (Phi) is 9.11. The SMILES string of the molecule is Nc1ccc(Oc2cc3c(=O)n4c5cc6ccccc6cc5[nH]c4c4cc(Oc5ccc(N)cc5)c5c6c(Oc7ccc(N)cc7)cc7c8c(cc(Oc9ccc(N)cc9)c(c2c5c34)c68)c(=O)n2c3cc4ccccc4cc3[nH]c72)cc1. The monoisotopic (exact) mass is 1070 g/mol. The van der Waals surface area contributed by atoms with Crippen LogP contribution in [0.25, 0.3) is 120 Å². The van der Waals surface area contributed by atoms with Gasteiger partial charge in [0.1, 0.15) is 57.3 Å². The van der Waals surface area contributed by atoms with Crippen LogP contribution in [0.4, 0.5) is 22.7 Å². The molecule has 0 aliphatic carbocycles. The Morgan fingerprint density at radius 2 is 0.585 bits per heavy atom. The molecule has 0 saturated carbocycles. The maximum absolute atomic E-state index is 16.0. The summed E-state index contributed by atoms with van der Waals surface area (Å²) in [4.78, 5) is 39.3. The number of benzene rings is 13. The number of nitrogens with two attached hydrogens (primary N) is 4. The van der Waals surface area contributed by atoms with Crippen molar-refractivity contribution in [2.75, 3.05) is 22.9 Å². The molecular weight excluding hydrogens is 1020 g/mol. The fourth-order valence-electron chi connectivity index (χ4n) is 12.5. The molecule has 0 amide bonds. The lowest BCUT2D eigenvalue weighted by Crippen LogP contribution is -2.15. The van der Waals surface area contributed by atoms with Gasteiger partial charge in [0.15, 0.2) is 0 Å². The van der Waals surface area contributed by atoms with Crippen molar-refractivity contribution in [1.29, 1.82) is 0 Å². The van der Waals surface area contributed by atoms with E-state index in [1.807, 2.05) is 97.1 Å². The zero-order valence-corrected chi connectivity index (χ0v) is 43.1. The van der Waals surface area contributed by atoms with Crippen molar-refractivity contribution in [3.05, 3.63) is 215 Å². The highest BCUT2D eigenvalue weighted by atomic mass is 16.5. The van der Waals surface area contributed by atoms with Crippen molar-refractivity contribution in [2.45, 2.75) is 0 Å². The molecule has 390 valence electrons. The smallest absolute Gasteiger partial charge is 0.264 e. The van der Waals surface area contributed by atoms with Crippen LogP contribution in [0.5, 0.6) is 46.0 Å². The van der Waals surface area contributed by atoms with Gasteiger partial charge < -0.3 is 51.9 Å². The second-order valence-corrected chi connectivity index (χ2v) is 21.0. The minimum Gasteiger partial charge on any atom is -0.457 e. The van der Waals surface area contributed by atoms with Crippen molar-refractivity contribution < 1.29 is 18.9 Å². The van der Waals surface area contributed by atoms with Gasteiger partial charge in [-0.05, 0) is 167 Å². The van der Waals surface area contributed by atoms with Crippen LogP contribution in [0.15, 0.2) is 204 Å². The first-order valence-electron chi connectivity index (χ1n) is 26.6. The molecule has 10 N–H and O–H groups in total. The molecule has 0 aliphatic heterocycles. The zero-order valence-electron chi connectivity index (χ0n) is 43.1. The van der Waals surface area contributed by atoms with Gasteiger partial charge in [-0.3, -0.25) is 18.4 Å². The highest BCUT2D eigenvalue weighted by Crippen LogP contribution is 2.58. The number of pyridine rings is 2. The van der Waals surface area contributed by atoms with Crippen molar-refractivity contribution in [3.8, 4) is 46.0 Å². The predicted molar refractivity (Wildman–Crippen MR) is 331 cm³/mol. The zero-order chi connectivity index (χ0) is 54.8. The standard InChI is InChI=1S/C68H42N8O6/c69-37-9-17-41(18-10-37)79-53-29-45-57-47(67(77)75-51-27-35-7-3-1-5-33(35)25-49(51)73-65(45)75)31-55(81-43-21-13-39(71)14-22-43)61-62-56(82-44-23-15-40(72)16-24-44)32-48-58-46(66-74-50-26-34-6-2-4-8-36(34)28-52(50)76(66)68(48)78)30-54(60(64(58)62)59(53)63(57)61)80-42-19-11-38(70)12-20-42/h1-32,73-74H,69-72H2. The molecule has 0 radical (unpaired) electrons. The summed E-state index contributed by atoms with van der Waals surface area (Å²) in [6.07, 6.45) is 0.